The third-order valence-electron chi connectivity index (χ3n) is 5.96. The summed E-state index contributed by atoms with van der Waals surface area (Å²) in [7, 11) is 3.01. The molecule has 0 bridgehead atoms. The Bertz CT molecular complexity index is 1450. The van der Waals surface area contributed by atoms with Crippen molar-refractivity contribution in [2.24, 2.45) is 0 Å². The van der Waals surface area contributed by atoms with Crippen LogP contribution in [0.15, 0.2) is 53.5 Å². The molecule has 4 rings (SSSR count). The van der Waals surface area contributed by atoms with Crippen molar-refractivity contribution in [2.45, 2.75) is 19.0 Å². The largest absolute Gasteiger partial charge is 0.497 e. The van der Waals surface area contributed by atoms with E-state index in [0.29, 0.717) is 52.3 Å². The van der Waals surface area contributed by atoms with Gasteiger partial charge in [0.1, 0.15) is 17.1 Å². The van der Waals surface area contributed by atoms with Crippen LogP contribution in [0.5, 0.6) is 11.5 Å². The van der Waals surface area contributed by atoms with Gasteiger partial charge in [0.2, 0.25) is 5.95 Å². The van der Waals surface area contributed by atoms with Crippen molar-refractivity contribution in [3.63, 3.8) is 0 Å². The zero-order valence-corrected chi connectivity index (χ0v) is 21.2. The predicted octanol–water partition coefficient (Wildman–Crippen LogP) is 2.72. The number of aliphatic hydroxyl groups excluding tert-OH is 2. The Kier molecular flexibility index (Phi) is 8.12. The number of hydrogen-bond acceptors (Lipinski definition) is 9. The molecule has 0 radical (unpaired) electrons. The van der Waals surface area contributed by atoms with Gasteiger partial charge in [-0.05, 0) is 36.2 Å². The molecule has 2 heterocycles. The van der Waals surface area contributed by atoms with Gasteiger partial charge < -0.3 is 30.7 Å². The molecule has 0 atom stereocenters. The monoisotopic (exact) mass is 525 g/mol. The molecule has 0 unspecified atom stereocenters. The fourth-order valence-corrected chi connectivity index (χ4v) is 4.21. The Balaban J connectivity index is 1.89. The Morgan fingerprint density at radius 2 is 1.81 bits per heavy atom. The highest BCUT2D eigenvalue weighted by molar-refractivity contribution is 6.35. The molecule has 0 fully saturated rings. The molecular formula is C26H28ClN5O5. The van der Waals surface area contributed by atoms with E-state index in [0.717, 1.165) is 5.56 Å². The number of ether oxygens (including phenoxy) is 2. The lowest BCUT2D eigenvalue weighted by Gasteiger charge is -2.17. The minimum absolute atomic E-state index is 0.176. The number of aromatic nitrogens is 3. The van der Waals surface area contributed by atoms with Crippen LogP contribution in [0.3, 0.4) is 0 Å². The molecule has 10 nitrogen and oxygen atoms in total. The number of nitrogens with one attached hydrogen (secondary N) is 1. The van der Waals surface area contributed by atoms with Crippen LogP contribution in [0.4, 0.5) is 11.6 Å². The Hall–Kier alpha value is -3.86. The Labute approximate surface area is 218 Å². The minimum Gasteiger partial charge on any atom is -0.497 e. The second kappa shape index (κ2) is 11.5. The van der Waals surface area contributed by atoms with Gasteiger partial charge in [0, 0.05) is 41.0 Å². The van der Waals surface area contributed by atoms with Gasteiger partial charge in [-0.1, -0.05) is 23.7 Å². The van der Waals surface area contributed by atoms with Crippen LogP contribution in [0.1, 0.15) is 5.56 Å². The zero-order chi connectivity index (χ0) is 26.5. The zero-order valence-electron chi connectivity index (χ0n) is 20.4. The Morgan fingerprint density at radius 3 is 2.46 bits per heavy atom. The number of rotatable bonds is 10. The quantitative estimate of drug-likeness (QED) is 0.230. The third-order valence-corrected chi connectivity index (χ3v) is 6.35. The molecule has 37 heavy (non-hydrogen) atoms. The molecule has 11 heteroatoms. The number of pyridine rings is 1. The molecule has 4 aromatic rings. The van der Waals surface area contributed by atoms with E-state index >= 15 is 0 Å². The second-order valence-electron chi connectivity index (χ2n) is 8.38. The van der Waals surface area contributed by atoms with Crippen LogP contribution in [0.2, 0.25) is 5.02 Å². The predicted molar refractivity (Wildman–Crippen MR) is 143 cm³/mol. The number of nitrogen functional groups attached to an aromatic ring is 1. The molecule has 5 N–H and O–H groups in total. The summed E-state index contributed by atoms with van der Waals surface area (Å²) in [6.45, 7) is -0.306. The lowest BCUT2D eigenvalue weighted by atomic mass is 10.0. The number of hydrogen-bond donors (Lipinski definition) is 4. The normalized spacial score (nSPS) is 11.2. The van der Waals surface area contributed by atoms with Gasteiger partial charge >= 0.3 is 0 Å². The first-order chi connectivity index (χ1) is 17.9. The highest BCUT2D eigenvalue weighted by atomic mass is 35.5. The maximum atomic E-state index is 13.9. The van der Waals surface area contributed by atoms with E-state index < -0.39 is 6.04 Å². The summed E-state index contributed by atoms with van der Waals surface area (Å²) in [5.41, 5.74) is 8.32. The number of halogens is 1. The van der Waals surface area contributed by atoms with Gasteiger partial charge in [0.15, 0.2) is 0 Å². The van der Waals surface area contributed by atoms with Crippen LogP contribution >= 0.6 is 11.6 Å². The van der Waals surface area contributed by atoms with Crippen molar-refractivity contribution < 1.29 is 19.7 Å². The summed E-state index contributed by atoms with van der Waals surface area (Å²) in [6.07, 6.45) is 2.11. The van der Waals surface area contributed by atoms with Gasteiger partial charge in [-0.15, -0.1) is 0 Å². The van der Waals surface area contributed by atoms with Crippen molar-refractivity contribution in [3.8, 4) is 22.6 Å². The lowest BCUT2D eigenvalue weighted by molar-refractivity contribution is 0.203. The highest BCUT2D eigenvalue weighted by Gasteiger charge is 2.19. The number of benzene rings is 2. The molecule has 0 aliphatic heterocycles. The number of nitrogens with two attached hydrogens (primary N) is 1. The molecule has 0 aliphatic carbocycles. The van der Waals surface area contributed by atoms with E-state index in [2.05, 4.69) is 15.3 Å². The molecule has 0 saturated heterocycles. The summed E-state index contributed by atoms with van der Waals surface area (Å²) >= 11 is 6.62. The molecule has 0 saturated carbocycles. The van der Waals surface area contributed by atoms with E-state index in [1.807, 2.05) is 24.3 Å². The van der Waals surface area contributed by atoms with Gasteiger partial charge in [-0.2, -0.15) is 4.98 Å². The van der Waals surface area contributed by atoms with Crippen LogP contribution in [0.25, 0.3) is 22.2 Å². The van der Waals surface area contributed by atoms with E-state index in [-0.39, 0.29) is 29.7 Å². The van der Waals surface area contributed by atoms with Gasteiger partial charge in [-0.25, -0.2) is 4.98 Å². The second-order valence-corrected chi connectivity index (χ2v) is 8.75. The van der Waals surface area contributed by atoms with Gasteiger partial charge in [0.25, 0.3) is 5.56 Å². The minimum atomic E-state index is -0.644. The van der Waals surface area contributed by atoms with Gasteiger partial charge in [-0.3, -0.25) is 9.36 Å². The van der Waals surface area contributed by atoms with Crippen LogP contribution in [-0.4, -0.2) is 58.2 Å². The number of nitrogens with zero attached hydrogens (tertiary/aromatic N) is 3. The molecule has 194 valence electrons. The average Bonchev–Trinajstić information content (AvgIpc) is 2.92. The average molecular weight is 526 g/mol. The van der Waals surface area contributed by atoms with Crippen molar-refractivity contribution >= 4 is 34.3 Å². The number of fused-ring (bicyclic) bond motifs is 1. The number of anilines is 2. The standard InChI is InChI=1S/C26H28ClN5O5/c1-36-19-10-20(23(27)22(11-19)37-2)21-9-16-12-29-26(30-18(13-33)14-34)31-24(16)32(25(21)35)8-7-15-3-5-17(28)6-4-15/h3-6,9-12,18,33-34H,7-8,13-14,28H2,1-2H3,(H,29,30,31). The van der Waals surface area contributed by atoms with Crippen molar-refractivity contribution in [1.29, 1.82) is 0 Å². The van der Waals surface area contributed by atoms with E-state index in [4.69, 9.17) is 26.8 Å². The molecule has 2 aromatic heterocycles. The first kappa shape index (κ1) is 26.2. The van der Waals surface area contributed by atoms with Crippen molar-refractivity contribution in [1.82, 2.24) is 14.5 Å². The summed E-state index contributed by atoms with van der Waals surface area (Å²) in [5, 5.41) is 22.6. The highest BCUT2D eigenvalue weighted by Crippen LogP contribution is 2.38. The number of aryl methyl sites for hydroxylation is 2. The topological polar surface area (TPSA) is 145 Å². The molecule has 2 aromatic carbocycles. The summed E-state index contributed by atoms with van der Waals surface area (Å²) in [4.78, 5) is 22.7. The summed E-state index contributed by atoms with van der Waals surface area (Å²) in [5.74, 6) is 1.04. The smallest absolute Gasteiger partial charge is 0.260 e. The fourth-order valence-electron chi connectivity index (χ4n) is 3.92. The number of aliphatic hydroxyl groups is 2. The molecule has 0 spiro atoms. The molecule has 0 aliphatic rings. The van der Waals surface area contributed by atoms with E-state index in [1.165, 1.54) is 14.2 Å². The lowest BCUT2D eigenvalue weighted by Crippen LogP contribution is -2.29. The van der Waals surface area contributed by atoms with Crippen molar-refractivity contribution in [2.75, 3.05) is 38.5 Å². The fraction of sp³-hybridized carbons (Fsp3) is 0.269. The molecular weight excluding hydrogens is 498 g/mol. The number of methoxy groups -OCH3 is 2. The molecule has 0 amide bonds. The maximum Gasteiger partial charge on any atom is 0.260 e. The maximum absolute atomic E-state index is 13.9. The Morgan fingerprint density at radius 1 is 1.08 bits per heavy atom. The van der Waals surface area contributed by atoms with E-state index in [9.17, 15) is 15.0 Å². The van der Waals surface area contributed by atoms with Crippen LogP contribution in [0, 0.1) is 0 Å². The SMILES string of the molecule is COc1cc(OC)c(Cl)c(-c2cc3cnc(NC(CO)CO)nc3n(CCc3ccc(N)cc3)c2=O)c1. The van der Waals surface area contributed by atoms with E-state index in [1.54, 1.807) is 29.0 Å². The van der Waals surface area contributed by atoms with Crippen LogP contribution in [-0.2, 0) is 13.0 Å². The van der Waals surface area contributed by atoms with Gasteiger partial charge in [0.05, 0.1) is 38.5 Å². The van der Waals surface area contributed by atoms with Crippen molar-refractivity contribution in [3.05, 3.63) is 69.6 Å². The third kappa shape index (κ3) is 5.61. The summed E-state index contributed by atoms with van der Waals surface area (Å²) in [6, 6.07) is 11.8. The van der Waals surface area contributed by atoms with Crippen LogP contribution < -0.4 is 26.1 Å². The first-order valence-corrected chi connectivity index (χ1v) is 11.9. The first-order valence-electron chi connectivity index (χ1n) is 11.5. The summed E-state index contributed by atoms with van der Waals surface area (Å²) < 4.78 is 12.3.